The predicted molar refractivity (Wildman–Crippen MR) is 68.7 cm³/mol. The SMILES string of the molecule is Cc1ccccc1OCC1=CS(=O)(=O)C(C(=O)O)=N1. The van der Waals surface area contributed by atoms with E-state index in [9.17, 15) is 13.2 Å². The van der Waals surface area contributed by atoms with Gasteiger partial charge in [0.15, 0.2) is 0 Å². The Morgan fingerprint density at radius 1 is 1.37 bits per heavy atom. The maximum Gasteiger partial charge on any atom is 0.366 e. The van der Waals surface area contributed by atoms with Crippen LogP contribution in [0.4, 0.5) is 0 Å². The van der Waals surface area contributed by atoms with Crippen LogP contribution in [0.15, 0.2) is 40.4 Å². The van der Waals surface area contributed by atoms with Gasteiger partial charge in [0.05, 0.1) is 11.1 Å². The molecule has 0 bridgehead atoms. The highest BCUT2D eigenvalue weighted by Gasteiger charge is 2.31. The summed E-state index contributed by atoms with van der Waals surface area (Å²) in [4.78, 5) is 14.3. The van der Waals surface area contributed by atoms with Crippen molar-refractivity contribution in [1.29, 1.82) is 0 Å². The number of sulfone groups is 1. The molecule has 1 heterocycles. The summed E-state index contributed by atoms with van der Waals surface area (Å²) in [5.41, 5.74) is 0.965. The molecule has 0 amide bonds. The number of hydrogen-bond donors (Lipinski definition) is 1. The number of hydrogen-bond acceptors (Lipinski definition) is 5. The van der Waals surface area contributed by atoms with E-state index in [0.29, 0.717) is 5.75 Å². The van der Waals surface area contributed by atoms with Crippen LogP contribution in [0.1, 0.15) is 5.56 Å². The molecule has 1 aromatic carbocycles. The molecule has 0 saturated carbocycles. The topological polar surface area (TPSA) is 93.0 Å². The monoisotopic (exact) mass is 281 g/mol. The number of ether oxygens (including phenoxy) is 1. The molecule has 0 radical (unpaired) electrons. The van der Waals surface area contributed by atoms with Gasteiger partial charge < -0.3 is 9.84 Å². The molecule has 1 aromatic rings. The summed E-state index contributed by atoms with van der Waals surface area (Å²) in [6.07, 6.45) is 0. The van der Waals surface area contributed by atoms with Gasteiger partial charge in [-0.15, -0.1) is 0 Å². The molecule has 100 valence electrons. The summed E-state index contributed by atoms with van der Waals surface area (Å²) in [5.74, 6) is -0.970. The van der Waals surface area contributed by atoms with Crippen LogP contribution in [0, 0.1) is 6.92 Å². The van der Waals surface area contributed by atoms with Crippen molar-refractivity contribution < 1.29 is 23.1 Å². The first-order valence-electron chi connectivity index (χ1n) is 5.36. The van der Waals surface area contributed by atoms with Crippen molar-refractivity contribution in [1.82, 2.24) is 0 Å². The lowest BCUT2D eigenvalue weighted by Gasteiger charge is -2.07. The Bertz CT molecular complexity index is 688. The summed E-state index contributed by atoms with van der Waals surface area (Å²) in [6, 6.07) is 7.22. The summed E-state index contributed by atoms with van der Waals surface area (Å²) < 4.78 is 28.3. The first-order chi connectivity index (χ1) is 8.90. The number of carboxylic acids is 1. The minimum absolute atomic E-state index is 0.0700. The van der Waals surface area contributed by atoms with E-state index in [4.69, 9.17) is 9.84 Å². The maximum absolute atomic E-state index is 11.4. The van der Waals surface area contributed by atoms with Gasteiger partial charge in [0.2, 0.25) is 14.9 Å². The molecule has 0 spiro atoms. The standard InChI is InChI=1S/C12H11NO5S/c1-8-4-2-3-5-10(8)18-6-9-7-19(16,17)11(13-9)12(14)15/h2-5,7H,6H2,1H3,(H,14,15). The van der Waals surface area contributed by atoms with Crippen LogP contribution in [0.2, 0.25) is 0 Å². The molecule has 6 nitrogen and oxygen atoms in total. The molecule has 0 aromatic heterocycles. The lowest BCUT2D eigenvalue weighted by atomic mass is 10.2. The largest absolute Gasteiger partial charge is 0.487 e. The summed E-state index contributed by atoms with van der Waals surface area (Å²) in [7, 11) is -3.94. The minimum Gasteiger partial charge on any atom is -0.487 e. The van der Waals surface area contributed by atoms with Gasteiger partial charge in [-0.3, -0.25) is 0 Å². The number of carbonyl (C=O) groups is 1. The van der Waals surface area contributed by atoms with Crippen molar-refractivity contribution in [2.75, 3.05) is 6.61 Å². The van der Waals surface area contributed by atoms with Gasteiger partial charge in [0, 0.05) is 0 Å². The molecule has 0 fully saturated rings. The molecular weight excluding hydrogens is 270 g/mol. The lowest BCUT2D eigenvalue weighted by Crippen LogP contribution is -2.19. The van der Waals surface area contributed by atoms with E-state index >= 15 is 0 Å². The van der Waals surface area contributed by atoms with Crippen LogP contribution in [0.3, 0.4) is 0 Å². The molecule has 1 N–H and O–H groups in total. The number of aliphatic carboxylic acids is 1. The highest BCUT2D eigenvalue weighted by Crippen LogP contribution is 2.20. The van der Waals surface area contributed by atoms with Gasteiger partial charge in [-0.05, 0) is 18.6 Å². The fraction of sp³-hybridized carbons (Fsp3) is 0.167. The lowest BCUT2D eigenvalue weighted by molar-refractivity contribution is -0.129. The van der Waals surface area contributed by atoms with Gasteiger partial charge >= 0.3 is 5.97 Å². The first-order valence-corrected chi connectivity index (χ1v) is 6.91. The highest BCUT2D eigenvalue weighted by atomic mass is 32.2. The summed E-state index contributed by atoms with van der Waals surface area (Å²) >= 11 is 0. The van der Waals surface area contributed by atoms with E-state index in [1.165, 1.54) is 0 Å². The number of aryl methyl sites for hydroxylation is 1. The van der Waals surface area contributed by atoms with Crippen LogP contribution in [-0.2, 0) is 14.6 Å². The molecule has 0 aliphatic carbocycles. The van der Waals surface area contributed by atoms with Gasteiger partial charge in [0.1, 0.15) is 12.4 Å². The van der Waals surface area contributed by atoms with Crippen molar-refractivity contribution >= 4 is 20.9 Å². The predicted octanol–water partition coefficient (Wildman–Crippen LogP) is 1.13. The molecule has 1 aliphatic heterocycles. The van der Waals surface area contributed by atoms with Gasteiger partial charge in [0.25, 0.3) is 0 Å². The van der Waals surface area contributed by atoms with Crippen molar-refractivity contribution in [2.45, 2.75) is 6.92 Å². The van der Waals surface area contributed by atoms with Crippen LogP contribution >= 0.6 is 0 Å². The zero-order chi connectivity index (χ0) is 14.0. The molecule has 19 heavy (non-hydrogen) atoms. The maximum atomic E-state index is 11.4. The van der Waals surface area contributed by atoms with Crippen molar-refractivity contribution in [3.63, 3.8) is 0 Å². The Morgan fingerprint density at radius 2 is 2.05 bits per heavy atom. The van der Waals surface area contributed by atoms with Gasteiger partial charge in [-0.2, -0.15) is 0 Å². The Hall–Kier alpha value is -2.15. The average molecular weight is 281 g/mol. The number of nitrogens with zero attached hydrogens (tertiary/aromatic N) is 1. The Balaban J connectivity index is 2.15. The zero-order valence-electron chi connectivity index (χ0n) is 10.0. The van der Waals surface area contributed by atoms with Crippen LogP contribution in [0.25, 0.3) is 0 Å². The van der Waals surface area contributed by atoms with E-state index in [1.54, 1.807) is 12.1 Å². The Morgan fingerprint density at radius 3 is 2.63 bits per heavy atom. The summed E-state index contributed by atoms with van der Waals surface area (Å²) in [5, 5.41) is 8.66. The third-order valence-electron chi connectivity index (χ3n) is 2.46. The third kappa shape index (κ3) is 2.82. The molecule has 0 saturated heterocycles. The summed E-state index contributed by atoms with van der Waals surface area (Å²) in [6.45, 7) is 1.75. The van der Waals surface area contributed by atoms with Gasteiger partial charge in [-0.1, -0.05) is 18.2 Å². The smallest absolute Gasteiger partial charge is 0.366 e. The minimum atomic E-state index is -3.94. The number of para-hydroxylation sites is 1. The van der Waals surface area contributed by atoms with E-state index in [-0.39, 0.29) is 12.3 Å². The molecule has 7 heteroatoms. The quantitative estimate of drug-likeness (QED) is 0.892. The molecular formula is C12H11NO5S. The highest BCUT2D eigenvalue weighted by molar-refractivity contribution is 8.11. The van der Waals surface area contributed by atoms with E-state index in [2.05, 4.69) is 4.99 Å². The Labute approximate surface area is 110 Å². The number of aliphatic imine (C=N–C) groups is 1. The normalized spacial score (nSPS) is 16.7. The van der Waals surface area contributed by atoms with Crippen molar-refractivity contribution in [3.05, 3.63) is 40.9 Å². The molecule has 1 aliphatic rings. The fourth-order valence-corrected chi connectivity index (χ4v) is 2.64. The second-order valence-electron chi connectivity index (χ2n) is 3.93. The number of benzene rings is 1. The van der Waals surface area contributed by atoms with Crippen LogP contribution < -0.4 is 4.74 Å². The first kappa shape index (κ1) is 13.3. The number of rotatable bonds is 4. The van der Waals surface area contributed by atoms with E-state index in [1.807, 2.05) is 19.1 Å². The number of carboxylic acid groups (broad SMARTS) is 1. The van der Waals surface area contributed by atoms with Crippen molar-refractivity contribution in [2.24, 2.45) is 4.99 Å². The molecule has 0 atom stereocenters. The molecule has 2 rings (SSSR count). The average Bonchev–Trinajstić information content (AvgIpc) is 2.63. The second kappa shape index (κ2) is 4.85. The second-order valence-corrected chi connectivity index (χ2v) is 5.64. The Kier molecular flexibility index (Phi) is 3.39. The fourth-order valence-electron chi connectivity index (χ4n) is 1.56. The molecule has 0 unspecified atom stereocenters. The third-order valence-corrected chi connectivity index (χ3v) is 3.85. The van der Waals surface area contributed by atoms with Crippen molar-refractivity contribution in [3.8, 4) is 5.75 Å². The zero-order valence-corrected chi connectivity index (χ0v) is 10.8. The van der Waals surface area contributed by atoms with E-state index in [0.717, 1.165) is 11.0 Å². The van der Waals surface area contributed by atoms with E-state index < -0.39 is 20.9 Å². The van der Waals surface area contributed by atoms with Gasteiger partial charge in [-0.25, -0.2) is 18.2 Å². The van der Waals surface area contributed by atoms with Crippen LogP contribution in [0.5, 0.6) is 5.75 Å². The van der Waals surface area contributed by atoms with Crippen LogP contribution in [-0.4, -0.2) is 31.1 Å².